The van der Waals surface area contributed by atoms with Crippen LogP contribution >= 0.6 is 35.6 Å². The number of halogens is 2. The molecule has 1 fully saturated rings. The van der Waals surface area contributed by atoms with E-state index in [1.807, 2.05) is 58.0 Å². The molecular weight excluding hydrogens is 543 g/mol. The van der Waals surface area contributed by atoms with Crippen molar-refractivity contribution in [2.45, 2.75) is 6.54 Å². The van der Waals surface area contributed by atoms with Crippen LogP contribution in [0.5, 0.6) is 0 Å². The maximum atomic E-state index is 12.6. The van der Waals surface area contributed by atoms with Crippen molar-refractivity contribution in [3.05, 3.63) is 59.5 Å². The van der Waals surface area contributed by atoms with Gasteiger partial charge in [-0.1, -0.05) is 17.7 Å². The first kappa shape index (κ1) is 24.1. The Morgan fingerprint density at radius 3 is 2.53 bits per heavy atom. The van der Waals surface area contributed by atoms with E-state index in [4.69, 9.17) is 11.6 Å². The van der Waals surface area contributed by atoms with Crippen molar-refractivity contribution >= 4 is 58.8 Å². The van der Waals surface area contributed by atoms with Crippen LogP contribution in [-0.2, 0) is 11.3 Å². The fraction of sp³-hybridized carbons (Fsp3) is 0.333. The number of aromatic nitrogens is 3. The third-order valence-electron chi connectivity index (χ3n) is 5.25. The van der Waals surface area contributed by atoms with Gasteiger partial charge in [-0.2, -0.15) is 0 Å². The number of guanidine groups is 1. The smallest absolute Gasteiger partial charge is 0.242 e. The second-order valence-corrected chi connectivity index (χ2v) is 7.61. The Labute approximate surface area is 208 Å². The number of amides is 1. The Kier molecular flexibility index (Phi) is 8.51. The van der Waals surface area contributed by atoms with Crippen LogP contribution in [-0.4, -0.2) is 71.1 Å². The van der Waals surface area contributed by atoms with Crippen molar-refractivity contribution in [2.24, 2.45) is 4.99 Å². The highest BCUT2D eigenvalue weighted by molar-refractivity contribution is 14.0. The molecule has 2 N–H and O–H groups in total. The molecule has 2 aromatic heterocycles. The minimum absolute atomic E-state index is 0. The van der Waals surface area contributed by atoms with Gasteiger partial charge in [0.2, 0.25) is 5.91 Å². The van der Waals surface area contributed by atoms with E-state index in [1.54, 1.807) is 7.05 Å². The number of aliphatic imine (C=N–C) groups is 1. The van der Waals surface area contributed by atoms with Gasteiger partial charge in [0.15, 0.2) is 17.4 Å². The van der Waals surface area contributed by atoms with E-state index < -0.39 is 0 Å². The molecule has 3 heterocycles. The van der Waals surface area contributed by atoms with Crippen LogP contribution in [0.3, 0.4) is 0 Å². The number of hydrogen-bond acceptors (Lipinski definition) is 5. The highest BCUT2D eigenvalue weighted by Gasteiger charge is 2.21. The summed E-state index contributed by atoms with van der Waals surface area (Å²) < 4.78 is 1.91. The molecule has 1 amide bonds. The summed E-state index contributed by atoms with van der Waals surface area (Å²) in [5.41, 5.74) is 1.91. The van der Waals surface area contributed by atoms with E-state index in [0.717, 1.165) is 35.3 Å². The van der Waals surface area contributed by atoms with Gasteiger partial charge in [0.25, 0.3) is 0 Å². The molecular formula is C21H26ClIN8O. The van der Waals surface area contributed by atoms with Crippen LogP contribution < -0.4 is 15.5 Å². The first-order valence-corrected chi connectivity index (χ1v) is 10.5. The van der Waals surface area contributed by atoms with Gasteiger partial charge in [0.05, 0.1) is 13.1 Å². The summed E-state index contributed by atoms with van der Waals surface area (Å²) >= 11 is 5.96. The summed E-state index contributed by atoms with van der Waals surface area (Å²) in [4.78, 5) is 21.0. The predicted molar refractivity (Wildman–Crippen MR) is 137 cm³/mol. The van der Waals surface area contributed by atoms with Gasteiger partial charge in [-0.3, -0.25) is 14.2 Å². The van der Waals surface area contributed by atoms with E-state index in [9.17, 15) is 4.79 Å². The Balaban J connectivity index is 0.00000289. The van der Waals surface area contributed by atoms with Gasteiger partial charge >= 0.3 is 0 Å². The third kappa shape index (κ3) is 5.80. The first-order valence-electron chi connectivity index (χ1n) is 10.2. The Bertz CT molecular complexity index is 1060. The number of carbonyl (C=O) groups is 1. The van der Waals surface area contributed by atoms with Crippen molar-refractivity contribution in [3.8, 4) is 0 Å². The van der Waals surface area contributed by atoms with Crippen molar-refractivity contribution < 1.29 is 4.79 Å². The SMILES string of the molecule is CN=C(NCC(=O)N1CCN(c2ccc(Cl)cc2)CC1)NCc1nnc2ccccn12.I. The lowest BCUT2D eigenvalue weighted by Crippen LogP contribution is -2.52. The zero-order chi connectivity index (χ0) is 21.6. The second-order valence-electron chi connectivity index (χ2n) is 7.17. The lowest BCUT2D eigenvalue weighted by Gasteiger charge is -2.36. The Morgan fingerprint density at radius 1 is 1.06 bits per heavy atom. The molecule has 170 valence electrons. The van der Waals surface area contributed by atoms with Gasteiger partial charge in [0, 0.05) is 50.1 Å². The van der Waals surface area contributed by atoms with E-state index in [0.29, 0.717) is 25.6 Å². The number of hydrogen-bond donors (Lipinski definition) is 2. The van der Waals surface area contributed by atoms with Gasteiger partial charge in [-0.25, -0.2) is 0 Å². The van der Waals surface area contributed by atoms with Crippen molar-refractivity contribution in [1.29, 1.82) is 0 Å². The molecule has 0 aliphatic carbocycles. The Hall–Kier alpha value is -2.60. The molecule has 3 aromatic rings. The van der Waals surface area contributed by atoms with Crippen molar-refractivity contribution in [3.63, 3.8) is 0 Å². The summed E-state index contributed by atoms with van der Waals surface area (Å²) in [5, 5.41) is 15.3. The molecule has 0 radical (unpaired) electrons. The van der Waals surface area contributed by atoms with Gasteiger partial charge in [-0.05, 0) is 36.4 Å². The largest absolute Gasteiger partial charge is 0.368 e. The maximum absolute atomic E-state index is 12.6. The molecule has 4 rings (SSSR count). The molecule has 11 heteroatoms. The molecule has 1 aliphatic rings. The quantitative estimate of drug-likeness (QED) is 0.278. The molecule has 1 aromatic carbocycles. The summed E-state index contributed by atoms with van der Waals surface area (Å²) in [6.07, 6.45) is 1.91. The van der Waals surface area contributed by atoms with Crippen LogP contribution in [0.25, 0.3) is 5.65 Å². The lowest BCUT2D eigenvalue weighted by molar-refractivity contribution is -0.130. The standard InChI is InChI=1S/C21H25ClN8O.HI/c1-23-21(24-14-19-27-26-18-4-2-3-9-30(18)19)25-15-20(31)29-12-10-28(11-13-29)17-7-5-16(22)6-8-17;/h2-9H,10-15H2,1H3,(H2,23,24,25);1H. The molecule has 1 saturated heterocycles. The fourth-order valence-corrected chi connectivity index (χ4v) is 3.66. The van der Waals surface area contributed by atoms with Crippen molar-refractivity contribution in [2.75, 3.05) is 44.7 Å². The summed E-state index contributed by atoms with van der Waals surface area (Å²) in [7, 11) is 1.67. The number of benzene rings is 1. The number of fused-ring (bicyclic) bond motifs is 1. The van der Waals surface area contributed by atoms with Crippen LogP contribution in [0.1, 0.15) is 5.82 Å². The number of nitrogens with one attached hydrogen (secondary N) is 2. The number of nitrogens with zero attached hydrogens (tertiary/aromatic N) is 6. The third-order valence-corrected chi connectivity index (χ3v) is 5.51. The minimum Gasteiger partial charge on any atom is -0.368 e. The number of pyridine rings is 1. The summed E-state index contributed by atoms with van der Waals surface area (Å²) in [5.74, 6) is 1.36. The second kappa shape index (κ2) is 11.3. The maximum Gasteiger partial charge on any atom is 0.242 e. The first-order chi connectivity index (χ1) is 15.1. The molecule has 0 saturated carbocycles. The lowest BCUT2D eigenvalue weighted by atomic mass is 10.2. The minimum atomic E-state index is 0. The molecule has 0 bridgehead atoms. The van der Waals surface area contributed by atoms with Crippen molar-refractivity contribution in [1.82, 2.24) is 30.1 Å². The molecule has 9 nitrogen and oxygen atoms in total. The van der Waals surface area contributed by atoms with Gasteiger partial charge in [-0.15, -0.1) is 34.2 Å². The molecule has 0 atom stereocenters. The number of piperazine rings is 1. The zero-order valence-corrected chi connectivity index (χ0v) is 20.8. The van der Waals surface area contributed by atoms with Gasteiger partial charge < -0.3 is 20.4 Å². The molecule has 0 spiro atoms. The average molecular weight is 569 g/mol. The van der Waals surface area contributed by atoms with Crippen LogP contribution in [0.4, 0.5) is 5.69 Å². The average Bonchev–Trinajstić information content (AvgIpc) is 3.23. The molecule has 0 unspecified atom stereocenters. The van der Waals surface area contributed by atoms with Crippen LogP contribution in [0, 0.1) is 0 Å². The van der Waals surface area contributed by atoms with Crippen LogP contribution in [0.2, 0.25) is 5.02 Å². The van der Waals surface area contributed by atoms with E-state index >= 15 is 0 Å². The van der Waals surface area contributed by atoms with E-state index in [-0.39, 0.29) is 36.4 Å². The van der Waals surface area contributed by atoms with Crippen LogP contribution in [0.15, 0.2) is 53.7 Å². The topological polar surface area (TPSA) is 90.2 Å². The number of rotatable bonds is 5. The normalized spacial score (nSPS) is 14.2. The fourth-order valence-electron chi connectivity index (χ4n) is 3.53. The predicted octanol–water partition coefficient (Wildman–Crippen LogP) is 2.01. The van der Waals surface area contributed by atoms with E-state index in [2.05, 4.69) is 30.7 Å². The monoisotopic (exact) mass is 568 g/mol. The highest BCUT2D eigenvalue weighted by Crippen LogP contribution is 2.19. The summed E-state index contributed by atoms with van der Waals surface area (Å²) in [6, 6.07) is 13.5. The zero-order valence-electron chi connectivity index (χ0n) is 17.7. The highest BCUT2D eigenvalue weighted by atomic mass is 127. The molecule has 1 aliphatic heterocycles. The van der Waals surface area contributed by atoms with Gasteiger partial charge in [0.1, 0.15) is 0 Å². The number of anilines is 1. The Morgan fingerprint density at radius 2 is 1.81 bits per heavy atom. The summed E-state index contributed by atoms with van der Waals surface area (Å²) in [6.45, 7) is 3.57. The van der Waals surface area contributed by atoms with E-state index in [1.165, 1.54) is 0 Å². The number of carbonyl (C=O) groups excluding carboxylic acids is 1. The molecule has 32 heavy (non-hydrogen) atoms.